The SMILES string of the molecule is CN(C(=O)c1ccc(C#N)cn1)c1ccccc1C(=O)O. The van der Waals surface area contributed by atoms with Crippen molar-refractivity contribution < 1.29 is 14.7 Å². The summed E-state index contributed by atoms with van der Waals surface area (Å²) in [6, 6.07) is 11.0. The third-order valence-electron chi connectivity index (χ3n) is 2.91. The average molecular weight is 281 g/mol. The highest BCUT2D eigenvalue weighted by Gasteiger charge is 2.19. The summed E-state index contributed by atoms with van der Waals surface area (Å²) < 4.78 is 0. The summed E-state index contributed by atoms with van der Waals surface area (Å²) in [5, 5.41) is 17.8. The van der Waals surface area contributed by atoms with Crippen LogP contribution in [0.4, 0.5) is 5.69 Å². The average Bonchev–Trinajstić information content (AvgIpc) is 2.53. The second-order valence-electron chi connectivity index (χ2n) is 4.23. The number of aromatic carboxylic acids is 1. The highest BCUT2D eigenvalue weighted by atomic mass is 16.4. The molecule has 0 aliphatic carbocycles. The van der Waals surface area contributed by atoms with E-state index in [4.69, 9.17) is 10.4 Å². The second kappa shape index (κ2) is 5.84. The highest BCUT2D eigenvalue weighted by molar-refractivity contribution is 6.08. The number of para-hydroxylation sites is 1. The Hall–Kier alpha value is -3.20. The number of benzene rings is 1. The molecule has 6 heteroatoms. The third kappa shape index (κ3) is 2.87. The lowest BCUT2D eigenvalue weighted by molar-refractivity contribution is 0.0697. The molecular weight excluding hydrogens is 270 g/mol. The van der Waals surface area contributed by atoms with Gasteiger partial charge in [0.2, 0.25) is 0 Å². The summed E-state index contributed by atoms with van der Waals surface area (Å²) in [6.07, 6.45) is 1.30. The van der Waals surface area contributed by atoms with E-state index in [1.165, 1.54) is 36.3 Å². The van der Waals surface area contributed by atoms with E-state index < -0.39 is 11.9 Å². The van der Waals surface area contributed by atoms with Crippen molar-refractivity contribution in [3.05, 3.63) is 59.4 Å². The molecule has 0 spiro atoms. The lowest BCUT2D eigenvalue weighted by atomic mass is 10.1. The van der Waals surface area contributed by atoms with Gasteiger partial charge in [0.1, 0.15) is 11.8 Å². The van der Waals surface area contributed by atoms with Gasteiger partial charge >= 0.3 is 5.97 Å². The summed E-state index contributed by atoms with van der Waals surface area (Å²) in [7, 11) is 1.48. The van der Waals surface area contributed by atoms with Crippen molar-refractivity contribution in [3.8, 4) is 6.07 Å². The van der Waals surface area contributed by atoms with Crippen molar-refractivity contribution >= 4 is 17.6 Å². The lowest BCUT2D eigenvalue weighted by Gasteiger charge is -2.18. The Morgan fingerprint density at radius 1 is 1.24 bits per heavy atom. The number of aromatic nitrogens is 1. The fraction of sp³-hybridized carbons (Fsp3) is 0.0667. The van der Waals surface area contributed by atoms with E-state index in [-0.39, 0.29) is 16.9 Å². The first-order valence-corrected chi connectivity index (χ1v) is 6.01. The number of rotatable bonds is 3. The van der Waals surface area contributed by atoms with Crippen molar-refractivity contribution in [2.24, 2.45) is 0 Å². The molecule has 21 heavy (non-hydrogen) atoms. The first-order chi connectivity index (χ1) is 10.0. The summed E-state index contributed by atoms with van der Waals surface area (Å²) in [6.45, 7) is 0. The van der Waals surface area contributed by atoms with Gasteiger partial charge in [-0.3, -0.25) is 4.79 Å². The number of carboxylic acid groups (broad SMARTS) is 1. The van der Waals surface area contributed by atoms with Gasteiger partial charge in [0.05, 0.1) is 16.8 Å². The molecule has 2 aromatic rings. The van der Waals surface area contributed by atoms with Gasteiger partial charge in [-0.25, -0.2) is 9.78 Å². The van der Waals surface area contributed by atoms with Crippen molar-refractivity contribution in [2.45, 2.75) is 0 Å². The van der Waals surface area contributed by atoms with Gasteiger partial charge in [0.15, 0.2) is 0 Å². The largest absolute Gasteiger partial charge is 0.478 e. The maximum Gasteiger partial charge on any atom is 0.337 e. The van der Waals surface area contributed by atoms with Crippen LogP contribution >= 0.6 is 0 Å². The molecule has 1 aromatic carbocycles. The zero-order valence-electron chi connectivity index (χ0n) is 11.1. The van der Waals surface area contributed by atoms with Crippen molar-refractivity contribution in [2.75, 3.05) is 11.9 Å². The van der Waals surface area contributed by atoms with E-state index in [1.54, 1.807) is 18.2 Å². The molecule has 1 N–H and O–H groups in total. The van der Waals surface area contributed by atoms with Gasteiger partial charge in [-0.05, 0) is 24.3 Å². The number of amides is 1. The van der Waals surface area contributed by atoms with Gasteiger partial charge in [0, 0.05) is 13.2 Å². The van der Waals surface area contributed by atoms with Crippen LogP contribution in [-0.4, -0.2) is 29.0 Å². The normalized spacial score (nSPS) is 9.71. The standard InChI is InChI=1S/C15H11N3O3/c1-18(13-5-3-2-4-11(13)15(20)21)14(19)12-7-6-10(8-16)9-17-12/h2-7,9H,1H3,(H,20,21). The molecule has 6 nitrogen and oxygen atoms in total. The molecule has 0 bridgehead atoms. The van der Waals surface area contributed by atoms with Crippen LogP contribution in [-0.2, 0) is 0 Å². The number of hydrogen-bond donors (Lipinski definition) is 1. The minimum Gasteiger partial charge on any atom is -0.478 e. The Labute approximate surface area is 120 Å². The van der Waals surface area contributed by atoms with Gasteiger partial charge in [0.25, 0.3) is 5.91 Å². The maximum atomic E-state index is 12.3. The number of nitrogens with zero attached hydrogens (tertiary/aromatic N) is 3. The topological polar surface area (TPSA) is 94.3 Å². The van der Waals surface area contributed by atoms with Crippen molar-refractivity contribution in [3.63, 3.8) is 0 Å². The fourth-order valence-electron chi connectivity index (χ4n) is 1.81. The lowest BCUT2D eigenvalue weighted by Crippen LogP contribution is -2.28. The van der Waals surface area contributed by atoms with Crippen LogP contribution in [0.5, 0.6) is 0 Å². The molecule has 0 radical (unpaired) electrons. The predicted octanol–water partition coefficient (Wildman–Crippen LogP) is 1.93. The smallest absolute Gasteiger partial charge is 0.337 e. The summed E-state index contributed by atoms with van der Waals surface area (Å²) in [5.74, 6) is -1.56. The zero-order valence-corrected chi connectivity index (χ0v) is 11.1. The molecule has 0 atom stereocenters. The van der Waals surface area contributed by atoms with Crippen LogP contribution in [0.2, 0.25) is 0 Å². The molecule has 1 amide bonds. The predicted molar refractivity (Wildman–Crippen MR) is 75.1 cm³/mol. The fourth-order valence-corrected chi connectivity index (χ4v) is 1.81. The molecule has 0 unspecified atom stereocenters. The quantitative estimate of drug-likeness (QED) is 0.927. The maximum absolute atomic E-state index is 12.3. The van der Waals surface area contributed by atoms with E-state index in [9.17, 15) is 9.59 Å². The summed E-state index contributed by atoms with van der Waals surface area (Å²) in [5.41, 5.74) is 0.792. The van der Waals surface area contributed by atoms with Crippen LogP contribution in [0.1, 0.15) is 26.4 Å². The Balaban J connectivity index is 2.35. The zero-order chi connectivity index (χ0) is 15.4. The number of pyridine rings is 1. The minimum absolute atomic E-state index is 0.0296. The van der Waals surface area contributed by atoms with Crippen LogP contribution in [0.25, 0.3) is 0 Å². The Morgan fingerprint density at radius 2 is 1.95 bits per heavy atom. The van der Waals surface area contributed by atoms with Crippen molar-refractivity contribution in [1.29, 1.82) is 5.26 Å². The summed E-state index contributed by atoms with van der Waals surface area (Å²) >= 11 is 0. The van der Waals surface area contributed by atoms with Crippen LogP contribution < -0.4 is 4.90 Å². The van der Waals surface area contributed by atoms with Gasteiger partial charge < -0.3 is 10.0 Å². The number of nitriles is 1. The number of carboxylic acids is 1. The molecule has 0 saturated heterocycles. The number of hydrogen-bond acceptors (Lipinski definition) is 4. The monoisotopic (exact) mass is 281 g/mol. The second-order valence-corrected chi connectivity index (χ2v) is 4.23. The first-order valence-electron chi connectivity index (χ1n) is 6.01. The summed E-state index contributed by atoms with van der Waals surface area (Å²) in [4.78, 5) is 28.6. The van der Waals surface area contributed by atoms with E-state index in [0.29, 0.717) is 5.56 Å². The molecule has 0 fully saturated rings. The molecule has 1 aromatic heterocycles. The van der Waals surface area contributed by atoms with E-state index in [1.807, 2.05) is 6.07 Å². The molecular formula is C15H11N3O3. The first kappa shape index (κ1) is 14.2. The van der Waals surface area contributed by atoms with Crippen LogP contribution in [0, 0.1) is 11.3 Å². The van der Waals surface area contributed by atoms with E-state index in [0.717, 1.165) is 0 Å². The van der Waals surface area contributed by atoms with Gasteiger partial charge in [-0.2, -0.15) is 5.26 Å². The van der Waals surface area contributed by atoms with Gasteiger partial charge in [-0.1, -0.05) is 12.1 Å². The Kier molecular flexibility index (Phi) is 3.95. The molecule has 104 valence electrons. The molecule has 2 rings (SSSR count). The minimum atomic E-state index is -1.11. The Bertz CT molecular complexity index is 733. The highest BCUT2D eigenvalue weighted by Crippen LogP contribution is 2.20. The number of carbonyl (C=O) groups excluding carboxylic acids is 1. The molecule has 0 aliphatic heterocycles. The number of anilines is 1. The Morgan fingerprint density at radius 3 is 2.52 bits per heavy atom. The van der Waals surface area contributed by atoms with Crippen molar-refractivity contribution in [1.82, 2.24) is 4.98 Å². The van der Waals surface area contributed by atoms with Crippen LogP contribution in [0.3, 0.4) is 0 Å². The molecule has 0 saturated carbocycles. The third-order valence-corrected chi connectivity index (χ3v) is 2.91. The molecule has 1 heterocycles. The van der Waals surface area contributed by atoms with Gasteiger partial charge in [-0.15, -0.1) is 0 Å². The van der Waals surface area contributed by atoms with Crippen LogP contribution in [0.15, 0.2) is 42.6 Å². The van der Waals surface area contributed by atoms with E-state index in [2.05, 4.69) is 4.98 Å². The number of carbonyl (C=O) groups is 2. The molecule has 0 aliphatic rings. The van der Waals surface area contributed by atoms with E-state index >= 15 is 0 Å².